The first-order valence-corrected chi connectivity index (χ1v) is 14.5. The molecule has 1 N–H and O–H groups in total. The molecule has 37 heavy (non-hydrogen) atoms. The van der Waals surface area contributed by atoms with Gasteiger partial charge >= 0.3 is 0 Å². The van der Waals surface area contributed by atoms with Gasteiger partial charge in [0.05, 0.1) is 5.39 Å². The molecule has 3 aromatic heterocycles. The minimum Gasteiger partial charge on any atom is -0.324 e. The lowest BCUT2D eigenvalue weighted by Gasteiger charge is -2.42. The topological polar surface area (TPSA) is 91.5 Å². The number of likely N-dealkylation sites (N-methyl/N-ethyl adjacent to an activating group) is 2. The molecule has 1 aromatic carbocycles. The number of anilines is 2. The summed E-state index contributed by atoms with van der Waals surface area (Å²) in [6.07, 6.45) is 6.90. The molecule has 2 aliphatic rings. The molecule has 1 unspecified atom stereocenters. The molecule has 9 nitrogen and oxygen atoms in total. The maximum atomic E-state index is 14.8. The van der Waals surface area contributed by atoms with Gasteiger partial charge in [-0.05, 0) is 61.5 Å². The molecule has 192 valence electrons. The van der Waals surface area contributed by atoms with Crippen molar-refractivity contribution < 1.29 is 8.60 Å². The average Bonchev–Trinajstić information content (AvgIpc) is 3.16. The number of nitrogens with one attached hydrogen (secondary N) is 1. The summed E-state index contributed by atoms with van der Waals surface area (Å²) in [5.74, 6) is 0.675. The molecule has 0 bridgehead atoms. The smallest absolute Gasteiger partial charge is 0.229 e. The van der Waals surface area contributed by atoms with Crippen molar-refractivity contribution in [2.24, 2.45) is 4.36 Å². The van der Waals surface area contributed by atoms with Crippen LogP contribution in [-0.2, 0) is 22.7 Å². The maximum absolute atomic E-state index is 14.8. The van der Waals surface area contributed by atoms with E-state index in [0.29, 0.717) is 29.3 Å². The third-order valence-electron chi connectivity index (χ3n) is 6.91. The van der Waals surface area contributed by atoms with Gasteiger partial charge in [0, 0.05) is 66.0 Å². The van der Waals surface area contributed by atoms with Crippen LogP contribution < -0.4 is 5.32 Å². The molecule has 0 spiro atoms. The summed E-state index contributed by atoms with van der Waals surface area (Å²) in [6, 6.07) is 9.93. The highest BCUT2D eigenvalue weighted by Gasteiger charge is 2.32. The SMILES string of the molecule is CN1Cc2cc(Nc3ncc4c(F)cn(-c5cccc(N=S(C)(C)=O)n5)c4n3)cc3c2C(C1)N(C)CC3. The molecular formula is C26H29FN8OS. The van der Waals surface area contributed by atoms with E-state index in [4.69, 9.17) is 0 Å². The first-order valence-electron chi connectivity index (χ1n) is 12.1. The van der Waals surface area contributed by atoms with E-state index in [0.717, 1.165) is 31.7 Å². The summed E-state index contributed by atoms with van der Waals surface area (Å²) in [7, 11) is 1.96. The zero-order chi connectivity index (χ0) is 25.9. The second-order valence-corrected chi connectivity index (χ2v) is 12.7. The Morgan fingerprint density at radius 3 is 2.78 bits per heavy atom. The fourth-order valence-corrected chi connectivity index (χ4v) is 5.88. The highest BCUT2D eigenvalue weighted by molar-refractivity contribution is 7.92. The van der Waals surface area contributed by atoms with Crippen molar-refractivity contribution >= 4 is 38.2 Å². The van der Waals surface area contributed by atoms with Gasteiger partial charge < -0.3 is 10.2 Å². The Labute approximate surface area is 215 Å². The molecule has 0 fully saturated rings. The van der Waals surface area contributed by atoms with Crippen molar-refractivity contribution in [1.82, 2.24) is 29.3 Å². The zero-order valence-corrected chi connectivity index (χ0v) is 22.1. The lowest BCUT2D eigenvalue weighted by Crippen LogP contribution is -2.43. The second-order valence-electron chi connectivity index (χ2n) is 10.2. The van der Waals surface area contributed by atoms with Crippen molar-refractivity contribution in [3.8, 4) is 5.82 Å². The lowest BCUT2D eigenvalue weighted by atomic mass is 9.85. The molecule has 11 heteroatoms. The number of halogens is 1. The first-order chi connectivity index (χ1) is 17.6. The molecule has 0 saturated carbocycles. The van der Waals surface area contributed by atoms with Gasteiger partial charge in [-0.15, -0.1) is 0 Å². The molecule has 6 rings (SSSR count). The highest BCUT2D eigenvalue weighted by atomic mass is 32.2. The van der Waals surface area contributed by atoms with Crippen molar-refractivity contribution in [3.63, 3.8) is 0 Å². The van der Waals surface area contributed by atoms with Crippen LogP contribution in [0.4, 0.5) is 21.8 Å². The molecule has 0 amide bonds. The van der Waals surface area contributed by atoms with Crippen LogP contribution in [0.1, 0.15) is 22.7 Å². The summed E-state index contributed by atoms with van der Waals surface area (Å²) in [5.41, 5.74) is 5.43. The molecule has 0 radical (unpaired) electrons. The van der Waals surface area contributed by atoms with Crippen LogP contribution in [-0.4, -0.2) is 73.2 Å². The molecule has 4 aromatic rings. The van der Waals surface area contributed by atoms with Gasteiger partial charge in [0.2, 0.25) is 5.95 Å². The van der Waals surface area contributed by atoms with Crippen molar-refractivity contribution in [2.45, 2.75) is 19.0 Å². The van der Waals surface area contributed by atoms with E-state index in [9.17, 15) is 8.60 Å². The van der Waals surface area contributed by atoms with Crippen LogP contribution in [0.2, 0.25) is 0 Å². The van der Waals surface area contributed by atoms with Gasteiger partial charge in [0.1, 0.15) is 5.82 Å². The van der Waals surface area contributed by atoms with E-state index in [-0.39, 0.29) is 5.39 Å². The number of fused-ring (bicyclic) bond motifs is 1. The summed E-state index contributed by atoms with van der Waals surface area (Å²) in [5, 5.41) is 3.64. The van der Waals surface area contributed by atoms with Crippen LogP contribution >= 0.6 is 0 Å². The largest absolute Gasteiger partial charge is 0.324 e. The minimum absolute atomic E-state index is 0.289. The van der Waals surface area contributed by atoms with Crippen LogP contribution in [0.3, 0.4) is 0 Å². The summed E-state index contributed by atoms with van der Waals surface area (Å²) >= 11 is 0. The van der Waals surface area contributed by atoms with Gasteiger partial charge in [0.15, 0.2) is 17.3 Å². The van der Waals surface area contributed by atoms with Gasteiger partial charge in [0.25, 0.3) is 0 Å². The fraction of sp³-hybridized carbons (Fsp3) is 0.346. The third-order valence-corrected chi connectivity index (χ3v) is 7.53. The van der Waals surface area contributed by atoms with Gasteiger partial charge in [-0.25, -0.2) is 18.6 Å². The maximum Gasteiger partial charge on any atom is 0.229 e. The van der Waals surface area contributed by atoms with E-state index in [1.807, 2.05) is 0 Å². The first kappa shape index (κ1) is 24.0. The van der Waals surface area contributed by atoms with Crippen molar-refractivity contribution in [3.05, 3.63) is 65.2 Å². The standard InChI is InChI=1S/C26H29FN8OS/c1-33-13-17-11-18(10-16-8-9-34(2)21(15-33)24(16)17)29-26-28-12-19-20(27)14-35(25(19)31-26)23-7-5-6-22(30-23)32-37(3,4)36/h5-7,10-12,14,21H,8-9,13,15H2,1-4H3,(H,28,29,31). The second kappa shape index (κ2) is 8.86. The van der Waals surface area contributed by atoms with Crippen LogP contribution in [0.5, 0.6) is 0 Å². The number of pyridine rings is 1. The van der Waals surface area contributed by atoms with E-state index in [1.54, 1.807) is 35.3 Å². The van der Waals surface area contributed by atoms with Crippen LogP contribution in [0, 0.1) is 5.82 Å². The summed E-state index contributed by atoms with van der Waals surface area (Å²) in [6.45, 7) is 2.94. The molecule has 5 heterocycles. The molecule has 1 atom stereocenters. The number of nitrogens with zero attached hydrogens (tertiary/aromatic N) is 7. The van der Waals surface area contributed by atoms with Crippen molar-refractivity contribution in [1.29, 1.82) is 0 Å². The fourth-order valence-electron chi connectivity index (χ4n) is 5.33. The number of aromatic nitrogens is 4. The Kier molecular flexibility index (Phi) is 5.74. The van der Waals surface area contributed by atoms with Gasteiger partial charge in [-0.3, -0.25) is 9.47 Å². The van der Waals surface area contributed by atoms with E-state index in [2.05, 4.69) is 60.7 Å². The normalized spacial score (nSPS) is 18.1. The number of hydrogen-bond donors (Lipinski definition) is 1. The summed E-state index contributed by atoms with van der Waals surface area (Å²) < 4.78 is 32.6. The molecule has 2 aliphatic heterocycles. The van der Waals surface area contributed by atoms with E-state index >= 15 is 0 Å². The minimum atomic E-state index is -2.39. The third kappa shape index (κ3) is 4.58. The number of rotatable bonds is 4. The van der Waals surface area contributed by atoms with Crippen LogP contribution in [0.25, 0.3) is 16.9 Å². The Balaban J connectivity index is 1.38. The lowest BCUT2D eigenvalue weighted by molar-refractivity contribution is 0.150. The number of hydrogen-bond acceptors (Lipinski definition) is 8. The summed E-state index contributed by atoms with van der Waals surface area (Å²) in [4.78, 5) is 18.3. The van der Waals surface area contributed by atoms with Crippen LogP contribution in [0.15, 0.2) is 47.1 Å². The highest BCUT2D eigenvalue weighted by Crippen LogP contribution is 2.38. The van der Waals surface area contributed by atoms with E-state index < -0.39 is 15.5 Å². The predicted molar refractivity (Wildman–Crippen MR) is 144 cm³/mol. The monoisotopic (exact) mass is 520 g/mol. The molecule has 0 saturated heterocycles. The Hall–Kier alpha value is -3.41. The predicted octanol–water partition coefficient (Wildman–Crippen LogP) is 4.03. The average molecular weight is 521 g/mol. The van der Waals surface area contributed by atoms with Gasteiger partial charge in [-0.2, -0.15) is 9.35 Å². The Morgan fingerprint density at radius 1 is 1.16 bits per heavy atom. The quantitative estimate of drug-likeness (QED) is 0.434. The van der Waals surface area contributed by atoms with Gasteiger partial charge in [-0.1, -0.05) is 6.07 Å². The molecule has 0 aliphatic carbocycles. The van der Waals surface area contributed by atoms with E-state index in [1.165, 1.54) is 29.1 Å². The van der Waals surface area contributed by atoms with Crippen molar-refractivity contribution in [2.75, 3.05) is 45.0 Å². The number of benzene rings is 1. The Morgan fingerprint density at radius 2 is 1.97 bits per heavy atom. The zero-order valence-electron chi connectivity index (χ0n) is 21.3. The molecular weight excluding hydrogens is 491 g/mol. The Bertz CT molecular complexity index is 1650.